The van der Waals surface area contributed by atoms with Crippen LogP contribution in [0.2, 0.25) is 0 Å². The van der Waals surface area contributed by atoms with Gasteiger partial charge in [0.2, 0.25) is 0 Å². The largest absolute Gasteiger partial charge is 1.00 e. The third-order valence-corrected chi connectivity index (χ3v) is 2.80. The van der Waals surface area contributed by atoms with Crippen LogP contribution in [0, 0.1) is 0 Å². The molecule has 0 aliphatic rings. The van der Waals surface area contributed by atoms with Gasteiger partial charge in [-0.3, -0.25) is 0 Å². The molecule has 50 valence electrons. The van der Waals surface area contributed by atoms with Crippen molar-refractivity contribution in [3.8, 4) is 0 Å². The van der Waals surface area contributed by atoms with E-state index in [1.54, 1.807) is 0 Å². The summed E-state index contributed by atoms with van der Waals surface area (Å²) in [6, 6.07) is 0. The molecule has 0 spiro atoms. The third-order valence-electron chi connectivity index (χ3n) is 1.32. The molecule has 1 atom stereocenters. The Morgan fingerprint density at radius 3 is 1.78 bits per heavy atom. The first-order chi connectivity index (χ1) is 3.72. The van der Waals surface area contributed by atoms with E-state index in [1.165, 1.54) is 0 Å². The van der Waals surface area contributed by atoms with E-state index in [4.69, 9.17) is 0 Å². The maximum Gasteiger partial charge on any atom is 1.00 e. The molecular weight excluding hydrogens is 146 g/mol. The fraction of sp³-hybridized carbons (Fsp3) is 1.00. The maximum absolute atomic E-state index is 10.2. The van der Waals surface area contributed by atoms with E-state index in [0.717, 1.165) is 12.8 Å². The second-order valence-electron chi connectivity index (χ2n) is 1.83. The van der Waals surface area contributed by atoms with Crippen LogP contribution in [-0.2, 0) is 4.57 Å². The third kappa shape index (κ3) is 5.63. The minimum atomic E-state index is -2.47. The SMILES string of the molecule is CCC(CC)[PH](=O)[O-].[Na+]. The van der Waals surface area contributed by atoms with Gasteiger partial charge in [-0.05, 0) is 18.5 Å². The molecule has 0 aliphatic heterocycles. The van der Waals surface area contributed by atoms with Crippen LogP contribution in [0.3, 0.4) is 0 Å². The Balaban J connectivity index is 0. The number of hydrogen-bond acceptors (Lipinski definition) is 2. The topological polar surface area (TPSA) is 40.1 Å². The summed E-state index contributed by atoms with van der Waals surface area (Å²) in [4.78, 5) is 10.2. The molecule has 0 fully saturated rings. The summed E-state index contributed by atoms with van der Waals surface area (Å²) in [6.07, 6.45) is 1.52. The molecule has 0 rings (SSSR count). The molecule has 0 aromatic heterocycles. The summed E-state index contributed by atoms with van der Waals surface area (Å²) in [5, 5.41) is 0. The van der Waals surface area contributed by atoms with Crippen LogP contribution >= 0.6 is 8.03 Å². The van der Waals surface area contributed by atoms with Gasteiger partial charge in [0.05, 0.1) is 0 Å². The van der Waals surface area contributed by atoms with Crippen molar-refractivity contribution in [1.29, 1.82) is 0 Å². The van der Waals surface area contributed by atoms with Crippen LogP contribution < -0.4 is 34.5 Å². The van der Waals surface area contributed by atoms with Crippen molar-refractivity contribution in [2.24, 2.45) is 0 Å². The smallest absolute Gasteiger partial charge is 0.801 e. The fourth-order valence-corrected chi connectivity index (χ4v) is 1.29. The summed E-state index contributed by atoms with van der Waals surface area (Å²) in [7, 11) is -2.47. The molecule has 0 aliphatic carbocycles. The van der Waals surface area contributed by atoms with Crippen molar-refractivity contribution in [2.45, 2.75) is 32.3 Å². The van der Waals surface area contributed by atoms with Gasteiger partial charge in [-0.2, -0.15) is 0 Å². The van der Waals surface area contributed by atoms with Crippen molar-refractivity contribution >= 4 is 8.03 Å². The first-order valence-electron chi connectivity index (χ1n) is 2.93. The van der Waals surface area contributed by atoms with Crippen molar-refractivity contribution in [1.82, 2.24) is 0 Å². The molecule has 9 heavy (non-hydrogen) atoms. The van der Waals surface area contributed by atoms with Crippen LogP contribution in [0.4, 0.5) is 0 Å². The first-order valence-corrected chi connectivity index (χ1v) is 4.32. The number of rotatable bonds is 3. The van der Waals surface area contributed by atoms with Crippen LogP contribution in [0.25, 0.3) is 0 Å². The molecule has 0 heterocycles. The average Bonchev–Trinajstić information content (AvgIpc) is 1.69. The van der Waals surface area contributed by atoms with Gasteiger partial charge in [-0.1, -0.05) is 13.8 Å². The Labute approximate surface area is 79.2 Å². The Bertz CT molecular complexity index is 83.0. The molecule has 2 nitrogen and oxygen atoms in total. The molecule has 4 heteroatoms. The van der Waals surface area contributed by atoms with Crippen molar-refractivity contribution < 1.29 is 39.0 Å². The second-order valence-corrected chi connectivity index (χ2v) is 3.29. The quantitative estimate of drug-likeness (QED) is 0.352. The van der Waals surface area contributed by atoms with E-state index in [0.29, 0.717) is 0 Å². The molecule has 0 amide bonds. The molecule has 0 saturated heterocycles. The normalized spacial score (nSPS) is 12.9. The second kappa shape index (κ2) is 7.30. The molecule has 0 aromatic rings. The Morgan fingerprint density at radius 1 is 1.44 bits per heavy atom. The zero-order valence-electron chi connectivity index (χ0n) is 6.31. The van der Waals surface area contributed by atoms with E-state index >= 15 is 0 Å². The van der Waals surface area contributed by atoms with Gasteiger partial charge >= 0.3 is 29.6 Å². The zero-order chi connectivity index (χ0) is 6.57. The average molecular weight is 158 g/mol. The van der Waals surface area contributed by atoms with Gasteiger partial charge in [0, 0.05) is 8.03 Å². The summed E-state index contributed by atoms with van der Waals surface area (Å²) in [5.41, 5.74) is -0.0556. The standard InChI is InChI=1S/C5H13O2P.Na/c1-3-5(4-2)8(6)7;/h5,8H,3-4H2,1-2H3,(H,6,7);/q;+1/p-1. The maximum atomic E-state index is 10.2. The van der Waals surface area contributed by atoms with E-state index < -0.39 is 8.03 Å². The molecule has 0 N–H and O–H groups in total. The van der Waals surface area contributed by atoms with Gasteiger partial charge in [-0.25, -0.2) is 0 Å². The summed E-state index contributed by atoms with van der Waals surface area (Å²) in [5.74, 6) is 0. The van der Waals surface area contributed by atoms with Crippen LogP contribution in [0.15, 0.2) is 0 Å². The van der Waals surface area contributed by atoms with E-state index in [2.05, 4.69) is 0 Å². The Hall–Kier alpha value is 1.19. The minimum absolute atomic E-state index is 0. The Kier molecular flexibility index (Phi) is 10.4. The van der Waals surface area contributed by atoms with E-state index in [1.807, 2.05) is 13.8 Å². The molecule has 0 saturated carbocycles. The van der Waals surface area contributed by atoms with Gasteiger partial charge in [-0.15, -0.1) is 0 Å². The van der Waals surface area contributed by atoms with Gasteiger partial charge < -0.3 is 9.46 Å². The first kappa shape index (κ1) is 12.8. The molecule has 1 unspecified atom stereocenters. The van der Waals surface area contributed by atoms with Crippen molar-refractivity contribution in [2.75, 3.05) is 0 Å². The van der Waals surface area contributed by atoms with E-state index in [-0.39, 0.29) is 35.2 Å². The van der Waals surface area contributed by atoms with Gasteiger partial charge in [0.1, 0.15) is 0 Å². The predicted molar refractivity (Wildman–Crippen MR) is 33.4 cm³/mol. The fourth-order valence-electron chi connectivity index (χ4n) is 0.622. The van der Waals surface area contributed by atoms with Crippen LogP contribution in [-0.4, -0.2) is 5.66 Å². The molecule has 0 bridgehead atoms. The van der Waals surface area contributed by atoms with Crippen molar-refractivity contribution in [3.05, 3.63) is 0 Å². The van der Waals surface area contributed by atoms with Crippen molar-refractivity contribution in [3.63, 3.8) is 0 Å². The summed E-state index contributed by atoms with van der Waals surface area (Å²) >= 11 is 0. The monoisotopic (exact) mass is 158 g/mol. The van der Waals surface area contributed by atoms with Crippen LogP contribution in [0.1, 0.15) is 26.7 Å². The van der Waals surface area contributed by atoms with Gasteiger partial charge in [0.15, 0.2) is 0 Å². The zero-order valence-corrected chi connectivity index (χ0v) is 9.31. The predicted octanol–water partition coefficient (Wildman–Crippen LogP) is -1.99. The van der Waals surface area contributed by atoms with E-state index in [9.17, 15) is 9.46 Å². The summed E-state index contributed by atoms with van der Waals surface area (Å²) in [6.45, 7) is 3.79. The molecule has 0 aromatic carbocycles. The number of hydrogen-bond donors (Lipinski definition) is 0. The van der Waals surface area contributed by atoms with Crippen LogP contribution in [0.5, 0.6) is 0 Å². The van der Waals surface area contributed by atoms with Gasteiger partial charge in [0.25, 0.3) is 0 Å². The Morgan fingerprint density at radius 2 is 1.78 bits per heavy atom. The summed E-state index contributed by atoms with van der Waals surface area (Å²) < 4.78 is 10.2. The minimum Gasteiger partial charge on any atom is -0.801 e. The molecule has 0 radical (unpaired) electrons. The molecular formula is C5H12NaO2P.